The summed E-state index contributed by atoms with van der Waals surface area (Å²) in [6.07, 6.45) is 0.993. The second kappa shape index (κ2) is 10.0. The third-order valence-corrected chi connectivity index (χ3v) is 0.697. The molecule has 0 saturated heterocycles. The van der Waals surface area contributed by atoms with Crippen LogP contribution in [-0.4, -0.2) is 27.4 Å². The molecule has 0 aromatic carbocycles. The molecule has 0 aromatic heterocycles. The van der Waals surface area contributed by atoms with Gasteiger partial charge in [0.2, 0.25) is 0 Å². The first-order valence-corrected chi connectivity index (χ1v) is 2.39. The summed E-state index contributed by atoms with van der Waals surface area (Å²) in [5, 5.41) is 0. The predicted molar refractivity (Wildman–Crippen MR) is 35.1 cm³/mol. The lowest BCUT2D eigenvalue weighted by Gasteiger charge is -1.94. The highest BCUT2D eigenvalue weighted by atomic mass is 16.5. The van der Waals surface area contributed by atoms with Gasteiger partial charge in [0.05, 0.1) is 0 Å². The number of ether oxygens (including phenoxy) is 2. The van der Waals surface area contributed by atoms with E-state index in [4.69, 9.17) is 9.47 Å². The second-order valence-electron chi connectivity index (χ2n) is 1.34. The molecule has 0 amide bonds. The highest BCUT2D eigenvalue weighted by molar-refractivity contribution is 4.28. The van der Waals surface area contributed by atoms with Gasteiger partial charge in [-0.3, -0.25) is 0 Å². The number of rotatable bonds is 4. The molecule has 0 unspecified atom stereocenters. The smallest absolute Gasteiger partial charge is 0.0484 e. The van der Waals surface area contributed by atoms with Crippen LogP contribution in [0.1, 0.15) is 13.8 Å². The first kappa shape index (κ1) is 10.8. The Morgan fingerprint density at radius 2 is 1.38 bits per heavy atom. The summed E-state index contributed by atoms with van der Waals surface area (Å²) in [6.45, 7) is 1.60. The topological polar surface area (TPSA) is 18.5 Å². The maximum atomic E-state index is 4.76. The maximum absolute atomic E-state index is 4.76. The van der Waals surface area contributed by atoms with Gasteiger partial charge >= 0.3 is 0 Å². The van der Waals surface area contributed by atoms with E-state index in [9.17, 15) is 0 Å². The van der Waals surface area contributed by atoms with E-state index in [-0.39, 0.29) is 7.43 Å². The van der Waals surface area contributed by atoms with E-state index >= 15 is 0 Å². The fraction of sp³-hybridized carbons (Fsp3) is 1.00. The van der Waals surface area contributed by atoms with Crippen molar-refractivity contribution in [1.29, 1.82) is 0 Å². The van der Waals surface area contributed by atoms with Crippen LogP contribution >= 0.6 is 0 Å². The summed E-state index contributed by atoms with van der Waals surface area (Å²) in [7, 11) is 3.38. The van der Waals surface area contributed by atoms with E-state index in [0.29, 0.717) is 0 Å². The fourth-order valence-electron chi connectivity index (χ4n) is 0.348. The van der Waals surface area contributed by atoms with Crippen LogP contribution in [0.4, 0.5) is 0 Å². The van der Waals surface area contributed by atoms with E-state index in [1.165, 1.54) is 0 Å². The molecule has 0 spiro atoms. The van der Waals surface area contributed by atoms with Gasteiger partial charge in [-0.1, -0.05) is 7.43 Å². The molecular weight excluding hydrogens is 104 g/mol. The molecule has 0 fully saturated rings. The molecule has 0 saturated carbocycles. The van der Waals surface area contributed by atoms with Crippen molar-refractivity contribution < 1.29 is 9.47 Å². The molecule has 0 radical (unpaired) electrons. The van der Waals surface area contributed by atoms with Crippen LogP contribution in [0.5, 0.6) is 0 Å². The zero-order valence-corrected chi connectivity index (χ0v) is 4.94. The van der Waals surface area contributed by atoms with Crippen LogP contribution < -0.4 is 0 Å². The Balaban J connectivity index is 0. The average molecular weight is 120 g/mol. The number of hydrogen-bond donors (Lipinski definition) is 0. The third-order valence-electron chi connectivity index (χ3n) is 0.697. The van der Waals surface area contributed by atoms with E-state index in [2.05, 4.69) is 0 Å². The van der Waals surface area contributed by atoms with E-state index in [0.717, 1.165) is 19.6 Å². The minimum absolute atomic E-state index is 0. The van der Waals surface area contributed by atoms with Crippen molar-refractivity contribution in [3.05, 3.63) is 0 Å². The molecule has 0 aliphatic carbocycles. The van der Waals surface area contributed by atoms with Gasteiger partial charge in [-0.05, 0) is 6.42 Å². The quantitative estimate of drug-likeness (QED) is 0.521. The Morgan fingerprint density at radius 1 is 1.00 bits per heavy atom. The van der Waals surface area contributed by atoms with Gasteiger partial charge < -0.3 is 9.47 Å². The highest BCUT2D eigenvalue weighted by Gasteiger charge is 1.79. The molecule has 0 aromatic rings. The molecule has 0 aliphatic rings. The number of methoxy groups -OCH3 is 2. The second-order valence-corrected chi connectivity index (χ2v) is 1.34. The van der Waals surface area contributed by atoms with E-state index in [1.54, 1.807) is 14.2 Å². The lowest BCUT2D eigenvalue weighted by atomic mass is 10.5. The van der Waals surface area contributed by atoms with Crippen LogP contribution in [0.3, 0.4) is 0 Å². The minimum atomic E-state index is 0. The molecule has 0 N–H and O–H groups in total. The zero-order chi connectivity index (χ0) is 5.54. The van der Waals surface area contributed by atoms with Crippen LogP contribution in [-0.2, 0) is 9.47 Å². The molecule has 0 aliphatic heterocycles. The Labute approximate surface area is 51.8 Å². The minimum Gasteiger partial charge on any atom is -0.385 e. The summed E-state index contributed by atoms with van der Waals surface area (Å²) < 4.78 is 9.53. The van der Waals surface area contributed by atoms with Gasteiger partial charge in [0.1, 0.15) is 0 Å². The summed E-state index contributed by atoms with van der Waals surface area (Å²) in [5.41, 5.74) is 0. The van der Waals surface area contributed by atoms with Crippen molar-refractivity contribution in [1.82, 2.24) is 0 Å². The Morgan fingerprint density at radius 3 is 1.62 bits per heavy atom. The summed E-state index contributed by atoms with van der Waals surface area (Å²) in [4.78, 5) is 0. The molecule has 0 bridgehead atoms. The maximum Gasteiger partial charge on any atom is 0.0484 e. The van der Waals surface area contributed by atoms with E-state index in [1.807, 2.05) is 0 Å². The van der Waals surface area contributed by atoms with E-state index < -0.39 is 0 Å². The monoisotopic (exact) mass is 120 g/mol. The first-order chi connectivity index (χ1) is 3.41. The molecule has 52 valence electrons. The van der Waals surface area contributed by atoms with Gasteiger partial charge in [0, 0.05) is 27.4 Å². The molecule has 0 heterocycles. The highest BCUT2D eigenvalue weighted by Crippen LogP contribution is 1.78. The zero-order valence-electron chi connectivity index (χ0n) is 4.94. The molecule has 0 rings (SSSR count). The van der Waals surface area contributed by atoms with Gasteiger partial charge in [-0.25, -0.2) is 0 Å². The summed E-state index contributed by atoms with van der Waals surface area (Å²) >= 11 is 0. The normalized spacial score (nSPS) is 8.25. The van der Waals surface area contributed by atoms with Crippen molar-refractivity contribution >= 4 is 0 Å². The lowest BCUT2D eigenvalue weighted by molar-refractivity contribution is 0.138. The Kier molecular flexibility index (Phi) is 13.6. The standard InChI is InChI=1S/C5H12O2.CH4/c1-6-4-3-5-7-2;/h3-5H2,1-2H3;1H4. The third kappa shape index (κ3) is 9.33. The van der Waals surface area contributed by atoms with Crippen molar-refractivity contribution in [2.45, 2.75) is 13.8 Å². The molecule has 8 heavy (non-hydrogen) atoms. The number of hydrogen-bond acceptors (Lipinski definition) is 2. The average Bonchev–Trinajstić information content (AvgIpc) is 1.69. The fourth-order valence-corrected chi connectivity index (χ4v) is 0.348. The van der Waals surface area contributed by atoms with Crippen LogP contribution in [0.15, 0.2) is 0 Å². The van der Waals surface area contributed by atoms with Gasteiger partial charge in [0.25, 0.3) is 0 Å². The van der Waals surface area contributed by atoms with Crippen LogP contribution in [0, 0.1) is 0 Å². The summed E-state index contributed by atoms with van der Waals surface area (Å²) in [6, 6.07) is 0. The van der Waals surface area contributed by atoms with Crippen LogP contribution in [0.2, 0.25) is 0 Å². The first-order valence-electron chi connectivity index (χ1n) is 2.39. The van der Waals surface area contributed by atoms with Gasteiger partial charge in [0.15, 0.2) is 0 Å². The molecule has 2 heteroatoms. The van der Waals surface area contributed by atoms with Crippen molar-refractivity contribution in [2.24, 2.45) is 0 Å². The molecule has 2 nitrogen and oxygen atoms in total. The predicted octanol–water partition coefficient (Wildman–Crippen LogP) is 1.31. The molecular formula is C6H16O2. The van der Waals surface area contributed by atoms with Crippen molar-refractivity contribution in [2.75, 3.05) is 27.4 Å². The van der Waals surface area contributed by atoms with Crippen LogP contribution in [0.25, 0.3) is 0 Å². The van der Waals surface area contributed by atoms with Gasteiger partial charge in [-0.15, -0.1) is 0 Å². The SMILES string of the molecule is C.COCCCOC. The molecule has 0 atom stereocenters. The van der Waals surface area contributed by atoms with Crippen molar-refractivity contribution in [3.63, 3.8) is 0 Å². The summed E-state index contributed by atoms with van der Waals surface area (Å²) in [5.74, 6) is 0. The Bertz CT molecular complexity index is 25.7. The van der Waals surface area contributed by atoms with Crippen molar-refractivity contribution in [3.8, 4) is 0 Å². The lowest BCUT2D eigenvalue weighted by Crippen LogP contribution is -1.94. The largest absolute Gasteiger partial charge is 0.385 e. The van der Waals surface area contributed by atoms with Gasteiger partial charge in [-0.2, -0.15) is 0 Å². The Hall–Kier alpha value is -0.0800.